The summed E-state index contributed by atoms with van der Waals surface area (Å²) >= 11 is 0. The van der Waals surface area contributed by atoms with Crippen molar-refractivity contribution in [2.45, 2.75) is 33.2 Å². The number of allylic oxidation sites excluding steroid dienone is 1. The van der Waals surface area contributed by atoms with Crippen molar-refractivity contribution in [2.75, 3.05) is 0 Å². The normalized spacial score (nSPS) is 15.1. The van der Waals surface area contributed by atoms with E-state index in [1.54, 1.807) is 13.0 Å². The summed E-state index contributed by atoms with van der Waals surface area (Å²) in [5, 5.41) is 14.4. The van der Waals surface area contributed by atoms with Crippen LogP contribution in [-0.4, -0.2) is 16.7 Å². The fourth-order valence-electron chi connectivity index (χ4n) is 0.486. The summed E-state index contributed by atoms with van der Waals surface area (Å²) in [6.07, 6.45) is 3.77. The average molecular weight is 170 g/mol. The van der Waals surface area contributed by atoms with Crippen molar-refractivity contribution in [3.63, 3.8) is 0 Å². The van der Waals surface area contributed by atoms with Crippen LogP contribution in [-0.2, 0) is 4.79 Å². The molecule has 0 N–H and O–H groups in total. The van der Waals surface area contributed by atoms with Gasteiger partial charge in [-0.3, -0.25) is 4.79 Å². The predicted octanol–water partition coefficient (Wildman–Crippen LogP) is 1.85. The molecule has 0 saturated carbocycles. The number of carbonyl (C=O) groups is 1. The molecule has 0 spiro atoms. The van der Waals surface area contributed by atoms with Gasteiger partial charge in [-0.25, -0.2) is 0 Å². The Kier molecular flexibility index (Phi) is 4.92. The van der Waals surface area contributed by atoms with Crippen LogP contribution in [0.15, 0.2) is 17.4 Å². The van der Waals surface area contributed by atoms with Gasteiger partial charge in [0.25, 0.3) is 0 Å². The molecule has 1 atom stereocenters. The number of azo groups is 1. The second-order valence-corrected chi connectivity index (χ2v) is 2.50. The zero-order valence-electron chi connectivity index (χ0n) is 7.65. The first kappa shape index (κ1) is 10.8. The molecule has 0 fully saturated rings. The molecular formula is C8H14N2O2. The summed E-state index contributed by atoms with van der Waals surface area (Å²) < 4.78 is 0. The van der Waals surface area contributed by atoms with Gasteiger partial charge in [0.05, 0.1) is 0 Å². The van der Waals surface area contributed by atoms with E-state index >= 15 is 0 Å². The summed E-state index contributed by atoms with van der Waals surface area (Å²) in [7, 11) is 0. The van der Waals surface area contributed by atoms with Crippen LogP contribution in [0.2, 0.25) is 0 Å². The summed E-state index contributed by atoms with van der Waals surface area (Å²) in [6.45, 7) is 4.91. The first-order chi connectivity index (χ1) is 5.57. The van der Waals surface area contributed by atoms with Crippen molar-refractivity contribution in [2.24, 2.45) is 5.11 Å². The third-order valence-electron chi connectivity index (χ3n) is 1.34. The van der Waals surface area contributed by atoms with Crippen LogP contribution in [0.5, 0.6) is 0 Å². The molecule has 0 aliphatic carbocycles. The molecule has 0 aromatic carbocycles. The van der Waals surface area contributed by atoms with Crippen LogP contribution in [0.25, 0.3) is 0 Å². The molecule has 4 heteroatoms. The zero-order chi connectivity index (χ0) is 9.56. The largest absolute Gasteiger partial charge is 0.595 e. The molecule has 0 rings (SSSR count). The summed E-state index contributed by atoms with van der Waals surface area (Å²) in [5.41, 5.74) is 0. The fraction of sp³-hybridized carbons (Fsp3) is 0.625. The first-order valence-corrected chi connectivity index (χ1v) is 3.92. The second kappa shape index (κ2) is 5.46. The Morgan fingerprint density at radius 2 is 2.33 bits per heavy atom. The Balaban J connectivity index is 4.15. The lowest BCUT2D eigenvalue weighted by Crippen LogP contribution is -2.12. The van der Waals surface area contributed by atoms with Gasteiger partial charge in [0.2, 0.25) is 6.20 Å². The molecule has 0 aromatic heterocycles. The van der Waals surface area contributed by atoms with Gasteiger partial charge in [-0.2, -0.15) is 0 Å². The van der Waals surface area contributed by atoms with Crippen molar-refractivity contribution in [3.05, 3.63) is 17.5 Å². The summed E-state index contributed by atoms with van der Waals surface area (Å²) in [6, 6.07) is -0.552. The van der Waals surface area contributed by atoms with Gasteiger partial charge in [-0.15, -0.1) is 0 Å². The number of ketones is 1. The van der Waals surface area contributed by atoms with Crippen LogP contribution in [0.4, 0.5) is 0 Å². The minimum atomic E-state index is -0.552. The SMILES string of the molecule is CC/C=C/[N+]([O-])=NC(C)C(C)=O. The van der Waals surface area contributed by atoms with E-state index in [-0.39, 0.29) is 5.78 Å². The smallest absolute Gasteiger partial charge is 0.205 e. The molecule has 4 nitrogen and oxygen atoms in total. The number of carbonyl (C=O) groups excluding carboxylic acids is 1. The lowest BCUT2D eigenvalue weighted by molar-refractivity contribution is -0.461. The van der Waals surface area contributed by atoms with Gasteiger partial charge in [0, 0.05) is 0 Å². The maximum absolute atomic E-state index is 10.8. The van der Waals surface area contributed by atoms with Gasteiger partial charge in [-0.05, 0) is 31.5 Å². The van der Waals surface area contributed by atoms with Crippen LogP contribution >= 0.6 is 0 Å². The van der Waals surface area contributed by atoms with Crippen molar-refractivity contribution < 1.29 is 9.66 Å². The summed E-state index contributed by atoms with van der Waals surface area (Å²) in [5.74, 6) is -0.110. The second-order valence-electron chi connectivity index (χ2n) is 2.50. The highest BCUT2D eigenvalue weighted by Gasteiger charge is 2.08. The van der Waals surface area contributed by atoms with Gasteiger partial charge >= 0.3 is 0 Å². The Morgan fingerprint density at radius 1 is 1.75 bits per heavy atom. The van der Waals surface area contributed by atoms with Crippen molar-refractivity contribution in [1.82, 2.24) is 0 Å². The molecular weight excluding hydrogens is 156 g/mol. The maximum Gasteiger partial charge on any atom is 0.205 e. The quantitative estimate of drug-likeness (QED) is 0.367. The highest BCUT2D eigenvalue weighted by Crippen LogP contribution is 1.93. The van der Waals surface area contributed by atoms with Gasteiger partial charge in [0.15, 0.2) is 11.8 Å². The van der Waals surface area contributed by atoms with Crippen LogP contribution in [0.1, 0.15) is 27.2 Å². The van der Waals surface area contributed by atoms with E-state index in [0.29, 0.717) is 4.86 Å². The van der Waals surface area contributed by atoms with Crippen LogP contribution < -0.4 is 0 Å². The number of hydrogen-bond donors (Lipinski definition) is 0. The molecule has 68 valence electrons. The Labute approximate surface area is 72.2 Å². The van der Waals surface area contributed by atoms with E-state index in [1.165, 1.54) is 13.1 Å². The Hall–Kier alpha value is -1.19. The number of Topliss-reactive ketones (excluding diaryl/α,β-unsaturated/α-hetero) is 1. The molecule has 0 saturated heterocycles. The average Bonchev–Trinajstić information content (AvgIpc) is 2.00. The van der Waals surface area contributed by atoms with E-state index in [1.807, 2.05) is 6.92 Å². The van der Waals surface area contributed by atoms with E-state index < -0.39 is 6.04 Å². The standard InChI is InChI=1S/C8H14N2O2/c1-4-5-6-10(12)9-7(2)8(3)11/h5-7H,4H2,1-3H3/b6-5+,10-9?. The third kappa shape index (κ3) is 4.60. The molecule has 1 unspecified atom stereocenters. The zero-order valence-corrected chi connectivity index (χ0v) is 7.65. The van der Waals surface area contributed by atoms with Crippen molar-refractivity contribution in [1.29, 1.82) is 0 Å². The molecule has 0 bridgehead atoms. The molecule has 0 aromatic rings. The number of nitrogens with zero attached hydrogens (tertiary/aromatic N) is 2. The molecule has 0 heterocycles. The highest BCUT2D eigenvalue weighted by molar-refractivity contribution is 5.80. The van der Waals surface area contributed by atoms with Crippen LogP contribution in [0.3, 0.4) is 0 Å². The number of hydroxylamine groups is 1. The monoisotopic (exact) mass is 170 g/mol. The van der Waals surface area contributed by atoms with Crippen molar-refractivity contribution >= 4 is 5.78 Å². The molecule has 12 heavy (non-hydrogen) atoms. The molecule has 0 amide bonds. The lowest BCUT2D eigenvalue weighted by Gasteiger charge is -1.97. The Morgan fingerprint density at radius 3 is 2.75 bits per heavy atom. The number of rotatable bonds is 4. The maximum atomic E-state index is 10.8. The fourth-order valence-corrected chi connectivity index (χ4v) is 0.486. The van der Waals surface area contributed by atoms with E-state index in [4.69, 9.17) is 0 Å². The minimum Gasteiger partial charge on any atom is -0.595 e. The van der Waals surface area contributed by atoms with Gasteiger partial charge in [-0.1, -0.05) is 11.8 Å². The van der Waals surface area contributed by atoms with E-state index in [9.17, 15) is 10.0 Å². The highest BCUT2D eigenvalue weighted by atomic mass is 16.5. The van der Waals surface area contributed by atoms with E-state index in [0.717, 1.165) is 6.42 Å². The third-order valence-corrected chi connectivity index (χ3v) is 1.34. The molecule has 0 aliphatic heterocycles. The Bertz CT molecular complexity index is 209. The van der Waals surface area contributed by atoms with Gasteiger partial charge in [0.1, 0.15) is 0 Å². The van der Waals surface area contributed by atoms with Gasteiger partial charge < -0.3 is 5.21 Å². The molecule has 0 aliphatic rings. The van der Waals surface area contributed by atoms with Crippen LogP contribution in [0, 0.1) is 5.21 Å². The topological polar surface area (TPSA) is 55.5 Å². The molecule has 0 radical (unpaired) electrons. The lowest BCUT2D eigenvalue weighted by atomic mass is 10.3. The van der Waals surface area contributed by atoms with Crippen molar-refractivity contribution in [3.8, 4) is 0 Å². The minimum absolute atomic E-state index is 0.110. The number of hydrogen-bond acceptors (Lipinski definition) is 3. The van der Waals surface area contributed by atoms with E-state index in [2.05, 4.69) is 5.11 Å². The first-order valence-electron chi connectivity index (χ1n) is 3.92. The predicted molar refractivity (Wildman–Crippen MR) is 45.6 cm³/mol. The summed E-state index contributed by atoms with van der Waals surface area (Å²) in [4.78, 5) is 11.1.